The van der Waals surface area contributed by atoms with Crippen LogP contribution in [0.5, 0.6) is 0 Å². The van der Waals surface area contributed by atoms with Crippen molar-refractivity contribution in [1.29, 1.82) is 0 Å². The lowest BCUT2D eigenvalue weighted by molar-refractivity contribution is 1.26. The molecule has 0 unspecified atom stereocenters. The maximum Gasteiger partial charge on any atom is 0.0346 e. The van der Waals surface area contributed by atoms with Gasteiger partial charge in [0.15, 0.2) is 0 Å². The smallest absolute Gasteiger partial charge is 0.0346 e. The van der Waals surface area contributed by atoms with E-state index in [9.17, 15) is 0 Å². The molecule has 0 amide bonds. The molecule has 0 saturated carbocycles. The van der Waals surface area contributed by atoms with Gasteiger partial charge in [0.1, 0.15) is 0 Å². The van der Waals surface area contributed by atoms with E-state index in [4.69, 9.17) is 0 Å². The first-order chi connectivity index (χ1) is 20.9. The van der Waals surface area contributed by atoms with Gasteiger partial charge in [0.25, 0.3) is 0 Å². The number of pyridine rings is 4. The molecule has 0 N–H and O–H groups in total. The molecule has 4 heteroatoms. The topological polar surface area (TPSA) is 51.6 Å². The van der Waals surface area contributed by atoms with Gasteiger partial charge in [-0.05, 0) is 57.7 Å². The Bertz CT molecular complexity index is 1690. The van der Waals surface area contributed by atoms with Crippen LogP contribution in [-0.4, -0.2) is 19.9 Å². The van der Waals surface area contributed by atoms with Gasteiger partial charge in [-0.3, -0.25) is 19.9 Å². The van der Waals surface area contributed by atoms with Gasteiger partial charge in [0, 0.05) is 83.0 Å². The van der Waals surface area contributed by atoms with Crippen LogP contribution in [0, 0.1) is 0 Å². The summed E-state index contributed by atoms with van der Waals surface area (Å²) in [6.45, 7) is 0. The summed E-state index contributed by atoms with van der Waals surface area (Å²) in [7, 11) is 0. The van der Waals surface area contributed by atoms with Gasteiger partial charge in [0.05, 0.1) is 0 Å². The van der Waals surface area contributed by atoms with E-state index in [2.05, 4.69) is 105 Å². The number of rotatable bonds is 6. The fraction of sp³-hybridized carbons (Fsp3) is 0. The first-order valence-electron chi connectivity index (χ1n) is 13.9. The Morgan fingerprint density at radius 2 is 0.690 bits per heavy atom. The predicted octanol–water partition coefficient (Wildman–Crippen LogP) is 8.20. The maximum atomic E-state index is 4.53. The van der Waals surface area contributed by atoms with E-state index in [1.807, 2.05) is 73.8 Å². The van der Waals surface area contributed by atoms with Crippen molar-refractivity contribution < 1.29 is 0 Å². The summed E-state index contributed by atoms with van der Waals surface area (Å²) in [5.74, 6) is 0. The van der Waals surface area contributed by atoms with Gasteiger partial charge in [-0.2, -0.15) is 0 Å². The zero-order valence-electron chi connectivity index (χ0n) is 22.8. The largest absolute Gasteiger partial charge is 0.264 e. The van der Waals surface area contributed by atoms with E-state index >= 15 is 0 Å². The third-order valence-electron chi connectivity index (χ3n) is 7.43. The molecule has 1 aliphatic carbocycles. The highest BCUT2D eigenvalue weighted by Gasteiger charge is 2.38. The average molecular weight is 539 g/mol. The number of hydrogen-bond donors (Lipinski definition) is 0. The summed E-state index contributed by atoms with van der Waals surface area (Å²) in [5.41, 5.74) is 13.2. The summed E-state index contributed by atoms with van der Waals surface area (Å²) < 4.78 is 0. The number of benzene rings is 2. The lowest BCUT2D eigenvalue weighted by Gasteiger charge is -2.36. The molecule has 2 aromatic carbocycles. The zero-order chi connectivity index (χ0) is 28.1. The quantitative estimate of drug-likeness (QED) is 0.214. The number of aromatic nitrogens is 4. The molecule has 0 atom stereocenters. The van der Waals surface area contributed by atoms with Crippen LogP contribution in [-0.2, 0) is 0 Å². The molecule has 0 bridgehead atoms. The second-order valence-electron chi connectivity index (χ2n) is 9.95. The molecule has 6 aromatic rings. The van der Waals surface area contributed by atoms with E-state index < -0.39 is 0 Å². The second-order valence-corrected chi connectivity index (χ2v) is 9.95. The van der Waals surface area contributed by atoms with Gasteiger partial charge in [-0.1, -0.05) is 84.9 Å². The van der Waals surface area contributed by atoms with E-state index in [-0.39, 0.29) is 0 Å². The van der Waals surface area contributed by atoms with Gasteiger partial charge in [-0.15, -0.1) is 0 Å². The number of nitrogens with zero attached hydrogens (tertiary/aromatic N) is 4. The summed E-state index contributed by atoms with van der Waals surface area (Å²) in [5, 5.41) is 0. The highest BCUT2D eigenvalue weighted by atomic mass is 14.6. The zero-order valence-corrected chi connectivity index (χ0v) is 22.8. The highest BCUT2D eigenvalue weighted by Crippen LogP contribution is 2.57. The molecule has 0 aliphatic heterocycles. The van der Waals surface area contributed by atoms with Crippen LogP contribution < -0.4 is 0 Å². The van der Waals surface area contributed by atoms with Crippen molar-refractivity contribution in [1.82, 2.24) is 19.9 Å². The minimum absolute atomic E-state index is 1.04. The standard InChI is InChI=1S/C38H26N4/c1-3-11-27(12-4-1)33(29-15-7-19-39-23-29)37-35(31-17-9-21-41-25-31)36(32-18-10-22-42-26-32)38(37)34(28-13-5-2-6-14-28)30-16-8-20-40-24-30/h1-26H. The van der Waals surface area contributed by atoms with Crippen molar-refractivity contribution in [3.63, 3.8) is 0 Å². The molecule has 0 radical (unpaired) electrons. The monoisotopic (exact) mass is 538 g/mol. The van der Waals surface area contributed by atoms with Crippen LogP contribution in [0.2, 0.25) is 0 Å². The van der Waals surface area contributed by atoms with Crippen molar-refractivity contribution in [2.45, 2.75) is 0 Å². The van der Waals surface area contributed by atoms with E-state index in [1.165, 1.54) is 0 Å². The van der Waals surface area contributed by atoms with Crippen LogP contribution in [0.15, 0.2) is 170 Å². The van der Waals surface area contributed by atoms with Gasteiger partial charge in [0.2, 0.25) is 0 Å². The first kappa shape index (κ1) is 25.2. The predicted molar refractivity (Wildman–Crippen MR) is 169 cm³/mol. The average Bonchev–Trinajstić information content (AvgIpc) is 3.07. The van der Waals surface area contributed by atoms with Crippen LogP contribution in [0.25, 0.3) is 22.3 Å². The van der Waals surface area contributed by atoms with E-state index in [0.717, 1.165) is 66.8 Å². The maximum absolute atomic E-state index is 4.53. The van der Waals surface area contributed by atoms with Gasteiger partial charge < -0.3 is 0 Å². The Labute approximate surface area is 245 Å². The van der Waals surface area contributed by atoms with Crippen LogP contribution in [0.4, 0.5) is 0 Å². The van der Waals surface area contributed by atoms with Crippen molar-refractivity contribution in [3.05, 3.63) is 203 Å². The lowest BCUT2D eigenvalue weighted by Crippen LogP contribution is -2.17. The first-order valence-corrected chi connectivity index (χ1v) is 13.9. The molecular formula is C38H26N4. The summed E-state index contributed by atoms with van der Waals surface area (Å²) in [6, 6.07) is 37.6. The minimum atomic E-state index is 1.04. The van der Waals surface area contributed by atoms with Crippen molar-refractivity contribution in [2.75, 3.05) is 0 Å². The van der Waals surface area contributed by atoms with E-state index in [0.29, 0.717) is 0 Å². The summed E-state index contributed by atoms with van der Waals surface area (Å²) >= 11 is 0. The number of hydrogen-bond acceptors (Lipinski definition) is 4. The molecule has 4 nitrogen and oxygen atoms in total. The molecule has 4 heterocycles. The fourth-order valence-electron chi connectivity index (χ4n) is 5.68. The minimum Gasteiger partial charge on any atom is -0.264 e. The Balaban J connectivity index is 1.71. The molecule has 0 saturated heterocycles. The third kappa shape index (κ3) is 4.65. The molecule has 0 spiro atoms. The fourth-order valence-corrected chi connectivity index (χ4v) is 5.68. The van der Waals surface area contributed by atoms with Crippen molar-refractivity contribution in [2.24, 2.45) is 0 Å². The molecule has 7 rings (SSSR count). The molecule has 198 valence electrons. The Morgan fingerprint density at radius 3 is 1.02 bits per heavy atom. The van der Waals surface area contributed by atoms with E-state index in [1.54, 1.807) is 0 Å². The molecule has 42 heavy (non-hydrogen) atoms. The number of allylic oxidation sites excluding steroid dienone is 4. The highest BCUT2D eigenvalue weighted by molar-refractivity contribution is 6.26. The molecule has 0 fully saturated rings. The van der Waals surface area contributed by atoms with Gasteiger partial charge >= 0.3 is 0 Å². The summed E-state index contributed by atoms with van der Waals surface area (Å²) in [4.78, 5) is 18.1. The Kier molecular flexibility index (Phi) is 6.85. The Morgan fingerprint density at radius 1 is 0.333 bits per heavy atom. The molecule has 1 aliphatic rings. The van der Waals surface area contributed by atoms with Crippen molar-refractivity contribution >= 4 is 22.3 Å². The molecular weight excluding hydrogens is 512 g/mol. The van der Waals surface area contributed by atoms with Crippen LogP contribution >= 0.6 is 0 Å². The van der Waals surface area contributed by atoms with Gasteiger partial charge in [-0.25, -0.2) is 0 Å². The second kappa shape index (κ2) is 11.4. The summed E-state index contributed by atoms with van der Waals surface area (Å²) in [6.07, 6.45) is 15.1. The van der Waals surface area contributed by atoms with Crippen LogP contribution in [0.3, 0.4) is 0 Å². The normalized spacial score (nSPS) is 15.1. The lowest BCUT2D eigenvalue weighted by atomic mass is 9.65. The Hall–Kier alpha value is -5.74. The van der Waals surface area contributed by atoms with Crippen LogP contribution in [0.1, 0.15) is 33.4 Å². The molecule has 4 aromatic heterocycles. The SMILES string of the molecule is c1ccc(C(=C2C(=C(c3ccccc3)c3cccnc3)C(c3cccnc3)=C2c2cccnc2)c2cccnc2)cc1. The third-order valence-corrected chi connectivity index (χ3v) is 7.43. The van der Waals surface area contributed by atoms with Crippen molar-refractivity contribution in [3.8, 4) is 0 Å².